The van der Waals surface area contributed by atoms with Crippen molar-refractivity contribution in [2.24, 2.45) is 5.92 Å². The van der Waals surface area contributed by atoms with Gasteiger partial charge in [0.2, 0.25) is 5.91 Å². The van der Waals surface area contributed by atoms with Crippen molar-refractivity contribution in [3.8, 4) is 0 Å². The molecule has 0 bridgehead atoms. The zero-order chi connectivity index (χ0) is 14.8. The summed E-state index contributed by atoms with van der Waals surface area (Å²) in [7, 11) is -3.48. The van der Waals surface area contributed by atoms with Crippen LogP contribution >= 0.6 is 0 Å². The van der Waals surface area contributed by atoms with Gasteiger partial charge < -0.3 is 10.0 Å². The summed E-state index contributed by atoms with van der Waals surface area (Å²) in [4.78, 5) is 24.2. The van der Waals surface area contributed by atoms with Gasteiger partial charge in [0, 0.05) is 13.1 Å². The summed E-state index contributed by atoms with van der Waals surface area (Å²) in [6.07, 6.45) is 0.771. The Bertz CT molecular complexity index is 455. The highest BCUT2D eigenvalue weighted by atomic mass is 32.2. The van der Waals surface area contributed by atoms with Gasteiger partial charge in [0.25, 0.3) is 0 Å². The van der Waals surface area contributed by atoms with Gasteiger partial charge in [-0.3, -0.25) is 9.59 Å². The summed E-state index contributed by atoms with van der Waals surface area (Å²) >= 11 is 0. The van der Waals surface area contributed by atoms with Crippen molar-refractivity contribution in [2.45, 2.75) is 38.4 Å². The van der Waals surface area contributed by atoms with E-state index in [2.05, 4.69) is 0 Å². The number of carbonyl (C=O) groups is 2. The van der Waals surface area contributed by atoms with Gasteiger partial charge in [0.1, 0.15) is 5.75 Å². The number of piperidine rings is 1. The first-order valence-corrected chi connectivity index (χ1v) is 7.93. The molecule has 0 unspecified atom stereocenters. The lowest BCUT2D eigenvalue weighted by Crippen LogP contribution is -2.45. The Kier molecular flexibility index (Phi) is 4.60. The minimum absolute atomic E-state index is 0.315. The predicted molar refractivity (Wildman–Crippen MR) is 70.5 cm³/mol. The lowest BCUT2D eigenvalue weighted by molar-refractivity contribution is -0.145. The number of likely N-dealkylation sites (tertiary alicyclic amines) is 1. The lowest BCUT2D eigenvalue weighted by atomic mass is 9.97. The molecule has 1 heterocycles. The molecule has 1 N–H and O–H groups in total. The number of aliphatic carboxylic acids is 1. The molecule has 6 nitrogen and oxygen atoms in total. The zero-order valence-electron chi connectivity index (χ0n) is 11.5. The number of hydrogen-bond donors (Lipinski definition) is 1. The van der Waals surface area contributed by atoms with Gasteiger partial charge in [0.15, 0.2) is 9.84 Å². The van der Waals surface area contributed by atoms with E-state index in [1.807, 2.05) is 0 Å². The van der Waals surface area contributed by atoms with Crippen molar-refractivity contribution in [1.29, 1.82) is 0 Å². The molecule has 0 radical (unpaired) electrons. The second kappa shape index (κ2) is 5.48. The Balaban J connectivity index is 2.60. The maximum Gasteiger partial charge on any atom is 0.306 e. The Morgan fingerprint density at radius 1 is 1.21 bits per heavy atom. The minimum Gasteiger partial charge on any atom is -0.481 e. The monoisotopic (exact) mass is 291 g/mol. The van der Waals surface area contributed by atoms with Gasteiger partial charge in [-0.05, 0) is 33.6 Å². The van der Waals surface area contributed by atoms with E-state index >= 15 is 0 Å². The number of carboxylic acids is 1. The van der Waals surface area contributed by atoms with E-state index < -0.39 is 38.1 Å². The molecular weight excluding hydrogens is 270 g/mol. The highest BCUT2D eigenvalue weighted by molar-refractivity contribution is 7.93. The fourth-order valence-corrected chi connectivity index (χ4v) is 2.79. The molecular formula is C12H21NO5S. The third-order valence-corrected chi connectivity index (χ3v) is 5.94. The lowest BCUT2D eigenvalue weighted by Gasteiger charge is -2.31. The van der Waals surface area contributed by atoms with Crippen LogP contribution in [-0.4, -0.2) is 53.9 Å². The summed E-state index contributed by atoms with van der Waals surface area (Å²) in [5.74, 6) is -2.22. The normalized spacial score (nSPS) is 18.4. The van der Waals surface area contributed by atoms with Gasteiger partial charge in [-0.1, -0.05) is 0 Å². The molecule has 1 fully saturated rings. The number of sulfone groups is 1. The average Bonchev–Trinajstić information content (AvgIpc) is 2.27. The van der Waals surface area contributed by atoms with E-state index in [0.29, 0.717) is 25.9 Å². The summed E-state index contributed by atoms with van der Waals surface area (Å²) in [5.41, 5.74) is 0. The first-order valence-electron chi connectivity index (χ1n) is 6.27. The van der Waals surface area contributed by atoms with Crippen molar-refractivity contribution in [1.82, 2.24) is 4.90 Å². The smallest absolute Gasteiger partial charge is 0.306 e. The van der Waals surface area contributed by atoms with Crippen LogP contribution in [0, 0.1) is 5.92 Å². The van der Waals surface area contributed by atoms with E-state index in [1.165, 1.54) is 4.90 Å². The van der Waals surface area contributed by atoms with E-state index in [1.54, 1.807) is 20.8 Å². The second-order valence-electron chi connectivity index (χ2n) is 5.86. The van der Waals surface area contributed by atoms with Crippen LogP contribution in [0.1, 0.15) is 33.6 Å². The molecule has 1 amide bonds. The van der Waals surface area contributed by atoms with Crippen LogP contribution in [0.5, 0.6) is 0 Å². The van der Waals surface area contributed by atoms with Crippen LogP contribution in [0.15, 0.2) is 0 Å². The third-order valence-electron chi connectivity index (χ3n) is 3.44. The molecule has 0 saturated carbocycles. The predicted octanol–water partition coefficient (Wildman–Crippen LogP) is 0.523. The standard InChI is InChI=1S/C12H21NO5S/c1-12(2,3)19(17,18)8-10(14)13-6-4-9(5-7-13)11(15)16/h9H,4-8H2,1-3H3,(H,15,16). The molecule has 1 aliphatic heterocycles. The molecule has 0 aromatic carbocycles. The van der Waals surface area contributed by atoms with E-state index in [4.69, 9.17) is 5.11 Å². The van der Waals surface area contributed by atoms with Crippen molar-refractivity contribution < 1.29 is 23.1 Å². The van der Waals surface area contributed by atoms with E-state index in [9.17, 15) is 18.0 Å². The minimum atomic E-state index is -3.48. The number of carboxylic acid groups (broad SMARTS) is 1. The number of amides is 1. The number of nitrogens with zero attached hydrogens (tertiary/aromatic N) is 1. The fraction of sp³-hybridized carbons (Fsp3) is 0.833. The topological polar surface area (TPSA) is 91.8 Å². The molecule has 0 aromatic heterocycles. The summed E-state index contributed by atoms with van der Waals surface area (Å²) < 4.78 is 22.9. The molecule has 7 heteroatoms. The van der Waals surface area contributed by atoms with E-state index in [-0.39, 0.29) is 0 Å². The molecule has 1 aliphatic rings. The number of rotatable bonds is 3. The molecule has 1 saturated heterocycles. The number of hydrogen-bond acceptors (Lipinski definition) is 4. The Morgan fingerprint density at radius 2 is 1.68 bits per heavy atom. The largest absolute Gasteiger partial charge is 0.481 e. The maximum absolute atomic E-state index is 11.9. The molecule has 110 valence electrons. The van der Waals surface area contributed by atoms with Crippen LogP contribution in [0.4, 0.5) is 0 Å². The molecule has 1 rings (SSSR count). The van der Waals surface area contributed by atoms with Gasteiger partial charge in [0.05, 0.1) is 10.7 Å². The number of carbonyl (C=O) groups excluding carboxylic acids is 1. The van der Waals surface area contributed by atoms with Gasteiger partial charge in [-0.2, -0.15) is 0 Å². The Morgan fingerprint density at radius 3 is 2.05 bits per heavy atom. The molecule has 0 spiro atoms. The molecule has 0 atom stereocenters. The van der Waals surface area contributed by atoms with Gasteiger partial charge >= 0.3 is 5.97 Å². The highest BCUT2D eigenvalue weighted by Crippen LogP contribution is 2.20. The highest BCUT2D eigenvalue weighted by Gasteiger charge is 2.34. The van der Waals surface area contributed by atoms with Crippen molar-refractivity contribution >= 4 is 21.7 Å². The van der Waals surface area contributed by atoms with Crippen molar-refractivity contribution in [2.75, 3.05) is 18.8 Å². The van der Waals surface area contributed by atoms with Crippen LogP contribution in [-0.2, 0) is 19.4 Å². The second-order valence-corrected chi connectivity index (χ2v) is 8.61. The van der Waals surface area contributed by atoms with Crippen LogP contribution in [0.3, 0.4) is 0 Å². The van der Waals surface area contributed by atoms with Crippen LogP contribution in [0.25, 0.3) is 0 Å². The van der Waals surface area contributed by atoms with Crippen molar-refractivity contribution in [3.63, 3.8) is 0 Å². The first-order chi connectivity index (χ1) is 8.54. The molecule has 0 aromatic rings. The SMILES string of the molecule is CC(C)(C)S(=O)(=O)CC(=O)N1CCC(C(=O)O)CC1. The Labute approximate surface area is 113 Å². The quantitative estimate of drug-likeness (QED) is 0.818. The van der Waals surface area contributed by atoms with Gasteiger partial charge in [-0.15, -0.1) is 0 Å². The maximum atomic E-state index is 11.9. The van der Waals surface area contributed by atoms with Gasteiger partial charge in [-0.25, -0.2) is 8.42 Å². The summed E-state index contributed by atoms with van der Waals surface area (Å²) in [6, 6.07) is 0. The van der Waals surface area contributed by atoms with Crippen LogP contribution < -0.4 is 0 Å². The van der Waals surface area contributed by atoms with Crippen molar-refractivity contribution in [3.05, 3.63) is 0 Å². The Hall–Kier alpha value is -1.11. The van der Waals surface area contributed by atoms with Crippen LogP contribution in [0.2, 0.25) is 0 Å². The summed E-state index contributed by atoms with van der Waals surface area (Å²) in [6.45, 7) is 5.32. The van der Waals surface area contributed by atoms with E-state index in [0.717, 1.165) is 0 Å². The first kappa shape index (κ1) is 15.9. The fourth-order valence-electron chi connectivity index (χ4n) is 1.85. The molecule has 19 heavy (non-hydrogen) atoms. The third kappa shape index (κ3) is 3.92. The summed E-state index contributed by atoms with van der Waals surface area (Å²) in [5, 5.41) is 8.86. The zero-order valence-corrected chi connectivity index (χ0v) is 12.4. The molecule has 0 aliphatic carbocycles. The average molecular weight is 291 g/mol.